The molecule has 0 unspecified atom stereocenters. The first-order chi connectivity index (χ1) is 17.5. The highest BCUT2D eigenvalue weighted by molar-refractivity contribution is 9.10. The van der Waals surface area contributed by atoms with Gasteiger partial charge in [-0.15, -0.1) is 0 Å². The molecule has 0 amide bonds. The summed E-state index contributed by atoms with van der Waals surface area (Å²) in [6.45, 7) is 1.62. The van der Waals surface area contributed by atoms with E-state index in [2.05, 4.69) is 15.9 Å². The van der Waals surface area contributed by atoms with Crippen molar-refractivity contribution in [3.05, 3.63) is 124 Å². The van der Waals surface area contributed by atoms with Crippen LogP contribution in [0.5, 0.6) is 0 Å². The molecule has 5 rings (SSSR count). The molecule has 36 heavy (non-hydrogen) atoms. The van der Waals surface area contributed by atoms with Crippen LogP contribution in [-0.4, -0.2) is 23.3 Å². The number of ketones is 1. The Kier molecular flexibility index (Phi) is 6.74. The number of ether oxygens (including phenoxy) is 1. The van der Waals surface area contributed by atoms with Crippen LogP contribution in [0.25, 0.3) is 33.3 Å². The highest BCUT2D eigenvalue weighted by Gasteiger charge is 2.18. The van der Waals surface area contributed by atoms with Gasteiger partial charge in [-0.1, -0.05) is 101 Å². The molecule has 0 bridgehead atoms. The summed E-state index contributed by atoms with van der Waals surface area (Å²) in [5.74, 6) is -0.814. The largest absolute Gasteiger partial charge is 0.454 e. The zero-order chi connectivity index (χ0) is 25.1. The highest BCUT2D eigenvalue weighted by Crippen LogP contribution is 2.28. The minimum Gasteiger partial charge on any atom is -0.454 e. The number of benzene rings is 4. The minimum atomic E-state index is -0.555. The van der Waals surface area contributed by atoms with Crippen molar-refractivity contribution in [2.75, 3.05) is 6.61 Å². The molecule has 0 atom stereocenters. The molecule has 0 N–H and O–H groups in total. The van der Waals surface area contributed by atoms with Gasteiger partial charge >= 0.3 is 5.97 Å². The van der Waals surface area contributed by atoms with Crippen molar-refractivity contribution in [1.29, 1.82) is 0 Å². The molecule has 0 aliphatic carbocycles. The number of carbonyl (C=O) groups is 2. The van der Waals surface area contributed by atoms with E-state index in [9.17, 15) is 9.59 Å². The molecule has 0 saturated carbocycles. The average molecular weight is 536 g/mol. The first-order valence-corrected chi connectivity index (χ1v) is 12.3. The van der Waals surface area contributed by atoms with Crippen LogP contribution < -0.4 is 0 Å². The van der Waals surface area contributed by atoms with Crippen LogP contribution >= 0.6 is 15.9 Å². The molecular formula is C31H22BrNO3. The van der Waals surface area contributed by atoms with E-state index in [0.29, 0.717) is 22.2 Å². The van der Waals surface area contributed by atoms with Crippen molar-refractivity contribution in [2.24, 2.45) is 0 Å². The molecule has 1 heterocycles. The number of halogens is 1. The van der Waals surface area contributed by atoms with E-state index in [1.54, 1.807) is 18.2 Å². The summed E-state index contributed by atoms with van der Waals surface area (Å²) in [5.41, 5.74) is 6.20. The monoisotopic (exact) mass is 535 g/mol. The van der Waals surface area contributed by atoms with Crippen molar-refractivity contribution in [3.63, 3.8) is 0 Å². The van der Waals surface area contributed by atoms with Gasteiger partial charge in [0.15, 0.2) is 12.4 Å². The van der Waals surface area contributed by atoms with Crippen LogP contribution in [0.2, 0.25) is 0 Å². The van der Waals surface area contributed by atoms with Crippen molar-refractivity contribution < 1.29 is 14.3 Å². The van der Waals surface area contributed by atoms with E-state index < -0.39 is 5.97 Å². The van der Waals surface area contributed by atoms with Gasteiger partial charge in [0, 0.05) is 21.0 Å². The van der Waals surface area contributed by atoms with Crippen LogP contribution in [-0.2, 0) is 4.74 Å². The Balaban J connectivity index is 1.38. The fourth-order valence-corrected chi connectivity index (χ4v) is 4.37. The summed E-state index contributed by atoms with van der Waals surface area (Å²) in [5, 5.41) is 0.695. The molecule has 0 saturated heterocycles. The molecule has 4 nitrogen and oxygen atoms in total. The average Bonchev–Trinajstić information content (AvgIpc) is 2.92. The number of rotatable bonds is 6. The number of nitrogens with zero attached hydrogens (tertiary/aromatic N) is 1. The number of aromatic nitrogens is 1. The van der Waals surface area contributed by atoms with E-state index in [-0.39, 0.29) is 12.4 Å². The zero-order valence-corrected chi connectivity index (χ0v) is 21.2. The fourth-order valence-electron chi connectivity index (χ4n) is 4.10. The maximum Gasteiger partial charge on any atom is 0.339 e. The third-order valence-electron chi connectivity index (χ3n) is 6.05. The number of para-hydroxylation sites is 1. The standard InChI is InChI=1S/C31H22BrNO3/c1-20-6-5-9-26-27(18-28(33-30(20)26)23-14-16-25(32)17-15-23)31(35)36-19-29(34)24-12-10-22(11-13-24)21-7-3-2-4-8-21/h2-18H,19H2,1H3. The maximum atomic E-state index is 13.2. The summed E-state index contributed by atoms with van der Waals surface area (Å²) in [6.07, 6.45) is 0. The summed E-state index contributed by atoms with van der Waals surface area (Å²) in [7, 11) is 0. The highest BCUT2D eigenvalue weighted by atomic mass is 79.9. The smallest absolute Gasteiger partial charge is 0.339 e. The number of esters is 1. The number of hydrogen-bond donors (Lipinski definition) is 0. The minimum absolute atomic E-state index is 0.259. The second-order valence-electron chi connectivity index (χ2n) is 8.48. The van der Waals surface area contributed by atoms with Gasteiger partial charge in [0.05, 0.1) is 16.8 Å². The van der Waals surface area contributed by atoms with Crippen LogP contribution in [0.15, 0.2) is 108 Å². The number of pyridine rings is 1. The second kappa shape index (κ2) is 10.3. The molecule has 0 fully saturated rings. The molecule has 0 aliphatic heterocycles. The SMILES string of the molecule is Cc1cccc2c(C(=O)OCC(=O)c3ccc(-c4ccccc4)cc3)cc(-c3ccc(Br)cc3)nc12. The van der Waals surface area contributed by atoms with Gasteiger partial charge in [0.2, 0.25) is 0 Å². The molecule has 0 radical (unpaired) electrons. The molecule has 1 aromatic heterocycles. The van der Waals surface area contributed by atoms with Gasteiger partial charge in [-0.2, -0.15) is 0 Å². The molecule has 0 spiro atoms. The number of carbonyl (C=O) groups excluding carboxylic acids is 2. The quantitative estimate of drug-likeness (QED) is 0.165. The van der Waals surface area contributed by atoms with E-state index in [1.165, 1.54) is 0 Å². The molecule has 0 aliphatic rings. The van der Waals surface area contributed by atoms with Gasteiger partial charge in [-0.05, 0) is 41.8 Å². The summed E-state index contributed by atoms with van der Waals surface area (Å²) >= 11 is 3.45. The Bertz CT molecular complexity index is 1560. The Hall–Kier alpha value is -4.09. The second-order valence-corrected chi connectivity index (χ2v) is 9.39. The van der Waals surface area contributed by atoms with E-state index in [1.807, 2.05) is 91.9 Å². The summed E-state index contributed by atoms with van der Waals surface area (Å²) < 4.78 is 6.45. The predicted octanol–water partition coefficient (Wildman–Crippen LogP) is 7.68. The lowest BCUT2D eigenvalue weighted by molar-refractivity contribution is 0.0476. The van der Waals surface area contributed by atoms with Crippen LogP contribution in [0.4, 0.5) is 0 Å². The summed E-state index contributed by atoms with van der Waals surface area (Å²) in [4.78, 5) is 30.7. The van der Waals surface area contributed by atoms with Crippen molar-refractivity contribution in [3.8, 4) is 22.4 Å². The Morgan fingerprint density at radius 2 is 1.44 bits per heavy atom. The number of aryl methyl sites for hydroxylation is 1. The van der Waals surface area contributed by atoms with Crippen LogP contribution in [0, 0.1) is 6.92 Å². The Morgan fingerprint density at radius 3 is 2.17 bits per heavy atom. The van der Waals surface area contributed by atoms with E-state index in [4.69, 9.17) is 9.72 Å². The Morgan fingerprint density at radius 1 is 0.778 bits per heavy atom. The third-order valence-corrected chi connectivity index (χ3v) is 6.58. The zero-order valence-electron chi connectivity index (χ0n) is 19.6. The molecule has 4 aromatic carbocycles. The lowest BCUT2D eigenvalue weighted by Crippen LogP contribution is -2.15. The Labute approximate surface area is 217 Å². The molecule has 5 heteroatoms. The maximum absolute atomic E-state index is 13.2. The van der Waals surface area contributed by atoms with Gasteiger partial charge < -0.3 is 4.74 Å². The molecular weight excluding hydrogens is 514 g/mol. The van der Waals surface area contributed by atoms with Crippen molar-refractivity contribution >= 4 is 38.6 Å². The number of hydrogen-bond acceptors (Lipinski definition) is 4. The van der Waals surface area contributed by atoms with Crippen LogP contribution in [0.3, 0.4) is 0 Å². The third kappa shape index (κ3) is 4.97. The first-order valence-electron chi connectivity index (χ1n) is 11.5. The molecule has 176 valence electrons. The number of Topliss-reactive ketones (excluding diaryl/α,β-unsaturated/α-hetero) is 1. The van der Waals surface area contributed by atoms with Crippen LogP contribution in [0.1, 0.15) is 26.3 Å². The van der Waals surface area contributed by atoms with Gasteiger partial charge in [-0.3, -0.25) is 4.79 Å². The van der Waals surface area contributed by atoms with Gasteiger partial charge in [0.25, 0.3) is 0 Å². The first kappa shape index (κ1) is 23.6. The molecule has 5 aromatic rings. The van der Waals surface area contributed by atoms with Crippen molar-refractivity contribution in [2.45, 2.75) is 6.92 Å². The summed E-state index contributed by atoms with van der Waals surface area (Å²) in [6, 6.07) is 32.4. The van der Waals surface area contributed by atoms with Crippen molar-refractivity contribution in [1.82, 2.24) is 4.98 Å². The normalized spacial score (nSPS) is 10.8. The fraction of sp³-hybridized carbons (Fsp3) is 0.0645. The van der Waals surface area contributed by atoms with Gasteiger partial charge in [-0.25, -0.2) is 9.78 Å². The van der Waals surface area contributed by atoms with E-state index >= 15 is 0 Å². The predicted molar refractivity (Wildman–Crippen MR) is 146 cm³/mol. The van der Waals surface area contributed by atoms with E-state index in [0.717, 1.165) is 32.2 Å². The van der Waals surface area contributed by atoms with Gasteiger partial charge in [0.1, 0.15) is 0 Å². The number of fused-ring (bicyclic) bond motifs is 1. The lowest BCUT2D eigenvalue weighted by atomic mass is 10.0. The topological polar surface area (TPSA) is 56.3 Å². The lowest BCUT2D eigenvalue weighted by Gasteiger charge is -2.12.